The van der Waals surface area contributed by atoms with E-state index in [4.69, 9.17) is 5.73 Å². The molecule has 1 aliphatic rings. The predicted molar refractivity (Wildman–Crippen MR) is 71.0 cm³/mol. The van der Waals surface area contributed by atoms with Gasteiger partial charge in [0.25, 0.3) is 5.91 Å². The second kappa shape index (κ2) is 5.66. The molecule has 0 aliphatic carbocycles. The van der Waals surface area contributed by atoms with E-state index >= 15 is 0 Å². The molecule has 5 nitrogen and oxygen atoms in total. The molecular weight excluding hydrogens is 317 g/mol. The summed E-state index contributed by atoms with van der Waals surface area (Å²) in [6.07, 6.45) is 0. The fourth-order valence-corrected chi connectivity index (χ4v) is 2.56. The predicted octanol–water partition coefficient (Wildman–Crippen LogP) is 0.488. The van der Waals surface area contributed by atoms with Gasteiger partial charge in [-0.2, -0.15) is 0 Å². The van der Waals surface area contributed by atoms with Gasteiger partial charge in [0.15, 0.2) is 0 Å². The van der Waals surface area contributed by atoms with Gasteiger partial charge in [-0.15, -0.1) is 0 Å². The zero-order valence-corrected chi connectivity index (χ0v) is 11.6. The number of hydrogen-bond donors (Lipinski definition) is 2. The molecule has 2 amide bonds. The van der Waals surface area contributed by atoms with E-state index in [9.17, 15) is 14.0 Å². The highest BCUT2D eigenvalue weighted by molar-refractivity contribution is 9.10. The Balaban J connectivity index is 2.34. The summed E-state index contributed by atoms with van der Waals surface area (Å²) in [7, 11) is 0. The number of piperazine rings is 1. The third-order valence-corrected chi connectivity index (χ3v) is 3.67. The molecule has 3 N–H and O–H groups in total. The van der Waals surface area contributed by atoms with Gasteiger partial charge in [-0.25, -0.2) is 4.39 Å². The van der Waals surface area contributed by atoms with Gasteiger partial charge in [0, 0.05) is 24.1 Å². The standard InChI is InChI=1S/C12H13BrFN3O2/c13-7-2-1-3-8(14)10(7)12(19)17-5-4-16-6-9(17)11(15)18/h1-3,9,16H,4-6H2,(H2,15,18). The summed E-state index contributed by atoms with van der Waals surface area (Å²) in [5.74, 6) is -1.76. The van der Waals surface area contributed by atoms with Gasteiger partial charge in [0.1, 0.15) is 11.9 Å². The van der Waals surface area contributed by atoms with E-state index < -0.39 is 23.7 Å². The summed E-state index contributed by atoms with van der Waals surface area (Å²) < 4.78 is 14.1. The van der Waals surface area contributed by atoms with E-state index in [2.05, 4.69) is 21.2 Å². The molecule has 0 bridgehead atoms. The van der Waals surface area contributed by atoms with Crippen LogP contribution >= 0.6 is 15.9 Å². The summed E-state index contributed by atoms with van der Waals surface area (Å²) >= 11 is 3.15. The van der Waals surface area contributed by atoms with Crippen molar-refractivity contribution in [3.63, 3.8) is 0 Å². The molecule has 7 heteroatoms. The van der Waals surface area contributed by atoms with Crippen LogP contribution in [0.4, 0.5) is 4.39 Å². The monoisotopic (exact) mass is 329 g/mol. The van der Waals surface area contributed by atoms with Crippen molar-refractivity contribution in [2.75, 3.05) is 19.6 Å². The lowest BCUT2D eigenvalue weighted by Crippen LogP contribution is -2.58. The van der Waals surface area contributed by atoms with Crippen LogP contribution in [0.2, 0.25) is 0 Å². The Hall–Kier alpha value is -1.47. The summed E-state index contributed by atoms with van der Waals surface area (Å²) in [5, 5.41) is 2.98. The average molecular weight is 330 g/mol. The van der Waals surface area contributed by atoms with E-state index in [1.54, 1.807) is 6.07 Å². The maximum absolute atomic E-state index is 13.8. The van der Waals surface area contributed by atoms with E-state index in [1.807, 2.05) is 0 Å². The summed E-state index contributed by atoms with van der Waals surface area (Å²) in [6, 6.07) is 3.53. The summed E-state index contributed by atoms with van der Waals surface area (Å²) in [4.78, 5) is 25.0. The van der Waals surface area contributed by atoms with E-state index in [0.717, 1.165) is 0 Å². The summed E-state index contributed by atoms with van der Waals surface area (Å²) in [5.41, 5.74) is 5.20. The molecule has 0 spiro atoms. The minimum absolute atomic E-state index is 0.0735. The molecule has 1 saturated heterocycles. The van der Waals surface area contributed by atoms with Crippen LogP contribution in [0.15, 0.2) is 22.7 Å². The van der Waals surface area contributed by atoms with Crippen molar-refractivity contribution >= 4 is 27.7 Å². The molecule has 1 atom stereocenters. The summed E-state index contributed by atoms with van der Waals surface area (Å²) in [6.45, 7) is 1.14. The number of rotatable bonds is 2. The van der Waals surface area contributed by atoms with Crippen molar-refractivity contribution in [2.45, 2.75) is 6.04 Å². The SMILES string of the molecule is NC(=O)C1CNCCN1C(=O)c1c(F)cccc1Br. The van der Waals surface area contributed by atoms with Crippen LogP contribution in [0.25, 0.3) is 0 Å². The first kappa shape index (κ1) is 14.0. The van der Waals surface area contributed by atoms with Crippen LogP contribution in [0.5, 0.6) is 0 Å². The Morgan fingerprint density at radius 2 is 2.21 bits per heavy atom. The van der Waals surface area contributed by atoms with Gasteiger partial charge < -0.3 is 16.0 Å². The zero-order chi connectivity index (χ0) is 14.0. The van der Waals surface area contributed by atoms with Crippen LogP contribution in [0.1, 0.15) is 10.4 Å². The van der Waals surface area contributed by atoms with Crippen molar-refractivity contribution in [3.05, 3.63) is 34.1 Å². The average Bonchev–Trinajstić information content (AvgIpc) is 2.38. The van der Waals surface area contributed by atoms with Crippen LogP contribution in [-0.2, 0) is 4.79 Å². The number of carbonyl (C=O) groups is 2. The Morgan fingerprint density at radius 1 is 1.47 bits per heavy atom. The smallest absolute Gasteiger partial charge is 0.258 e. The third kappa shape index (κ3) is 2.76. The molecule has 2 rings (SSSR count). The molecule has 1 aromatic carbocycles. The van der Waals surface area contributed by atoms with E-state index in [0.29, 0.717) is 17.6 Å². The molecule has 1 aliphatic heterocycles. The first-order valence-corrected chi connectivity index (χ1v) is 6.56. The van der Waals surface area contributed by atoms with Crippen LogP contribution in [0, 0.1) is 5.82 Å². The highest BCUT2D eigenvalue weighted by atomic mass is 79.9. The van der Waals surface area contributed by atoms with Gasteiger partial charge in [-0.1, -0.05) is 6.07 Å². The first-order valence-electron chi connectivity index (χ1n) is 5.77. The number of benzene rings is 1. The van der Waals surface area contributed by atoms with Gasteiger partial charge in [-0.3, -0.25) is 9.59 Å². The number of primary amides is 1. The first-order chi connectivity index (χ1) is 9.02. The largest absolute Gasteiger partial charge is 0.368 e. The number of halogens is 2. The van der Waals surface area contributed by atoms with Crippen molar-refractivity contribution in [1.82, 2.24) is 10.2 Å². The quantitative estimate of drug-likeness (QED) is 0.829. The highest BCUT2D eigenvalue weighted by Gasteiger charge is 2.33. The highest BCUT2D eigenvalue weighted by Crippen LogP contribution is 2.22. The minimum Gasteiger partial charge on any atom is -0.368 e. The van der Waals surface area contributed by atoms with Gasteiger partial charge in [0.2, 0.25) is 5.91 Å². The van der Waals surface area contributed by atoms with Crippen molar-refractivity contribution in [2.24, 2.45) is 5.73 Å². The fourth-order valence-electron chi connectivity index (χ4n) is 2.05. The Bertz CT molecular complexity index is 503. The Morgan fingerprint density at radius 3 is 2.84 bits per heavy atom. The molecule has 102 valence electrons. The molecule has 19 heavy (non-hydrogen) atoms. The van der Waals surface area contributed by atoms with E-state index in [-0.39, 0.29) is 12.1 Å². The van der Waals surface area contributed by atoms with Crippen LogP contribution in [-0.4, -0.2) is 42.4 Å². The molecule has 1 fully saturated rings. The number of nitrogens with two attached hydrogens (primary N) is 1. The second-order valence-corrected chi connectivity index (χ2v) is 5.07. The van der Waals surface area contributed by atoms with E-state index in [1.165, 1.54) is 17.0 Å². The second-order valence-electron chi connectivity index (χ2n) is 4.22. The van der Waals surface area contributed by atoms with Crippen LogP contribution in [0.3, 0.4) is 0 Å². The molecule has 0 saturated carbocycles. The Kier molecular flexibility index (Phi) is 4.16. The lowest BCUT2D eigenvalue weighted by molar-refractivity contribution is -0.122. The molecule has 0 radical (unpaired) electrons. The molecule has 1 unspecified atom stereocenters. The third-order valence-electron chi connectivity index (χ3n) is 3.01. The van der Waals surface area contributed by atoms with Gasteiger partial charge in [0.05, 0.1) is 5.56 Å². The minimum atomic E-state index is -0.757. The van der Waals surface area contributed by atoms with Gasteiger partial charge in [-0.05, 0) is 28.1 Å². The number of amides is 2. The lowest BCUT2D eigenvalue weighted by atomic mass is 10.1. The van der Waals surface area contributed by atoms with Crippen molar-refractivity contribution in [3.8, 4) is 0 Å². The molecule has 0 aromatic heterocycles. The van der Waals surface area contributed by atoms with Gasteiger partial charge >= 0.3 is 0 Å². The van der Waals surface area contributed by atoms with Crippen molar-refractivity contribution in [1.29, 1.82) is 0 Å². The fraction of sp³-hybridized carbons (Fsp3) is 0.333. The molecule has 1 aromatic rings. The molecule has 1 heterocycles. The number of nitrogens with zero attached hydrogens (tertiary/aromatic N) is 1. The van der Waals surface area contributed by atoms with Crippen molar-refractivity contribution < 1.29 is 14.0 Å². The Labute approximate surface area is 118 Å². The maximum atomic E-state index is 13.8. The zero-order valence-electron chi connectivity index (χ0n) is 10.0. The lowest BCUT2D eigenvalue weighted by Gasteiger charge is -2.34. The van der Waals surface area contributed by atoms with Crippen LogP contribution < -0.4 is 11.1 Å². The number of carbonyl (C=O) groups excluding carboxylic acids is 2. The molecular formula is C12H13BrFN3O2. The number of nitrogens with one attached hydrogen (secondary N) is 1. The number of hydrogen-bond acceptors (Lipinski definition) is 3. The maximum Gasteiger partial charge on any atom is 0.258 e. The normalized spacial score (nSPS) is 19.3. The topological polar surface area (TPSA) is 75.4 Å².